The molecule has 1 heterocycles. The normalized spacial score (nSPS) is 9.73. The second-order valence-electron chi connectivity index (χ2n) is 2.04. The molecule has 11 heavy (non-hydrogen) atoms. The van der Waals surface area contributed by atoms with Gasteiger partial charge in [0.2, 0.25) is 5.88 Å². The Hall–Kier alpha value is -0.800. The molecule has 0 spiro atoms. The first-order valence-corrected chi connectivity index (χ1v) is 3.54. The SMILES string of the molecule is COc1cc(CN)cc(Cl)n1. The fourth-order valence-electron chi connectivity index (χ4n) is 0.745. The van der Waals surface area contributed by atoms with Gasteiger partial charge in [-0.2, -0.15) is 0 Å². The van der Waals surface area contributed by atoms with Crippen LogP contribution in [0.5, 0.6) is 5.88 Å². The molecule has 0 amide bonds. The maximum atomic E-state index is 5.66. The predicted octanol–water partition coefficient (Wildman–Crippen LogP) is 1.20. The molecule has 0 aliphatic carbocycles. The highest BCUT2D eigenvalue weighted by molar-refractivity contribution is 6.29. The van der Waals surface area contributed by atoms with Gasteiger partial charge < -0.3 is 10.5 Å². The van der Waals surface area contributed by atoms with E-state index in [1.807, 2.05) is 0 Å². The first-order valence-electron chi connectivity index (χ1n) is 3.17. The number of pyridine rings is 1. The van der Waals surface area contributed by atoms with Crippen molar-refractivity contribution in [3.63, 3.8) is 0 Å². The van der Waals surface area contributed by atoms with E-state index in [1.165, 1.54) is 0 Å². The second-order valence-corrected chi connectivity index (χ2v) is 2.43. The van der Waals surface area contributed by atoms with E-state index < -0.39 is 0 Å². The van der Waals surface area contributed by atoms with Crippen LogP contribution in [0.4, 0.5) is 0 Å². The molecule has 1 aromatic rings. The monoisotopic (exact) mass is 172 g/mol. The van der Waals surface area contributed by atoms with E-state index in [0.717, 1.165) is 5.56 Å². The smallest absolute Gasteiger partial charge is 0.214 e. The summed E-state index contributed by atoms with van der Waals surface area (Å²) in [4.78, 5) is 3.89. The van der Waals surface area contributed by atoms with Gasteiger partial charge in [-0.3, -0.25) is 0 Å². The molecule has 0 fully saturated rings. The van der Waals surface area contributed by atoms with Crippen molar-refractivity contribution in [2.75, 3.05) is 7.11 Å². The van der Waals surface area contributed by atoms with Crippen LogP contribution in [0.1, 0.15) is 5.56 Å². The van der Waals surface area contributed by atoms with Crippen molar-refractivity contribution in [2.24, 2.45) is 5.73 Å². The molecule has 0 radical (unpaired) electrons. The van der Waals surface area contributed by atoms with Gasteiger partial charge >= 0.3 is 0 Å². The lowest BCUT2D eigenvalue weighted by atomic mass is 10.3. The number of nitrogens with two attached hydrogens (primary N) is 1. The van der Waals surface area contributed by atoms with Crippen molar-refractivity contribution in [1.82, 2.24) is 4.98 Å². The van der Waals surface area contributed by atoms with E-state index in [9.17, 15) is 0 Å². The van der Waals surface area contributed by atoms with E-state index >= 15 is 0 Å². The van der Waals surface area contributed by atoms with E-state index in [2.05, 4.69) is 4.98 Å². The zero-order chi connectivity index (χ0) is 8.27. The third kappa shape index (κ3) is 2.06. The molecular weight excluding hydrogens is 164 g/mol. The topological polar surface area (TPSA) is 48.1 Å². The Morgan fingerprint density at radius 1 is 1.64 bits per heavy atom. The molecule has 4 heteroatoms. The van der Waals surface area contributed by atoms with Crippen LogP contribution in [0.15, 0.2) is 12.1 Å². The summed E-state index contributed by atoms with van der Waals surface area (Å²) in [5, 5.41) is 0.407. The Balaban J connectivity index is 3.02. The zero-order valence-corrected chi connectivity index (χ0v) is 6.93. The molecule has 2 N–H and O–H groups in total. The molecule has 0 unspecified atom stereocenters. The van der Waals surface area contributed by atoms with Crippen LogP contribution in [0.3, 0.4) is 0 Å². The Morgan fingerprint density at radius 3 is 2.91 bits per heavy atom. The molecule has 0 aliphatic rings. The minimum atomic E-state index is 0.407. The molecule has 1 rings (SSSR count). The van der Waals surface area contributed by atoms with Gasteiger partial charge in [-0.25, -0.2) is 4.98 Å². The van der Waals surface area contributed by atoms with Gasteiger partial charge in [0, 0.05) is 12.6 Å². The molecule has 60 valence electrons. The molecule has 0 saturated heterocycles. The number of rotatable bonds is 2. The number of hydrogen-bond acceptors (Lipinski definition) is 3. The first kappa shape index (κ1) is 8.30. The Morgan fingerprint density at radius 2 is 2.36 bits per heavy atom. The molecule has 0 aliphatic heterocycles. The second kappa shape index (κ2) is 3.55. The summed E-state index contributed by atoms with van der Waals surface area (Å²) in [5.41, 5.74) is 6.32. The van der Waals surface area contributed by atoms with E-state index in [0.29, 0.717) is 17.6 Å². The summed E-state index contributed by atoms with van der Waals surface area (Å²) in [5.74, 6) is 0.498. The van der Waals surface area contributed by atoms with E-state index in [4.69, 9.17) is 22.1 Å². The standard InChI is InChI=1S/C7H9ClN2O/c1-11-7-3-5(4-9)2-6(8)10-7/h2-3H,4,9H2,1H3. The number of ether oxygens (including phenoxy) is 1. The molecule has 0 saturated carbocycles. The highest BCUT2D eigenvalue weighted by Gasteiger charge is 1.98. The van der Waals surface area contributed by atoms with E-state index in [1.54, 1.807) is 19.2 Å². The molecule has 3 nitrogen and oxygen atoms in total. The van der Waals surface area contributed by atoms with Crippen molar-refractivity contribution < 1.29 is 4.74 Å². The van der Waals surface area contributed by atoms with Gasteiger partial charge in [0.05, 0.1) is 7.11 Å². The van der Waals surface area contributed by atoms with Crippen molar-refractivity contribution >= 4 is 11.6 Å². The minimum Gasteiger partial charge on any atom is -0.481 e. The summed E-state index contributed by atoms with van der Waals surface area (Å²) >= 11 is 5.66. The van der Waals surface area contributed by atoms with Crippen LogP contribution in [-0.2, 0) is 6.54 Å². The maximum Gasteiger partial charge on any atom is 0.214 e. The quantitative estimate of drug-likeness (QED) is 0.682. The molecule has 0 bridgehead atoms. The third-order valence-corrected chi connectivity index (χ3v) is 1.47. The van der Waals surface area contributed by atoms with Crippen LogP contribution in [0, 0.1) is 0 Å². The summed E-state index contributed by atoms with van der Waals surface area (Å²) in [6, 6.07) is 3.47. The highest BCUT2D eigenvalue weighted by Crippen LogP contribution is 2.14. The van der Waals surface area contributed by atoms with Crippen molar-refractivity contribution in [3.05, 3.63) is 22.8 Å². The van der Waals surface area contributed by atoms with Crippen molar-refractivity contribution in [3.8, 4) is 5.88 Å². The lowest BCUT2D eigenvalue weighted by Crippen LogP contribution is -1.98. The minimum absolute atomic E-state index is 0.407. The summed E-state index contributed by atoms with van der Waals surface area (Å²) in [7, 11) is 1.54. The largest absolute Gasteiger partial charge is 0.481 e. The Labute approximate surface area is 70.1 Å². The number of nitrogens with zero attached hydrogens (tertiary/aromatic N) is 1. The van der Waals surface area contributed by atoms with Gasteiger partial charge in [-0.15, -0.1) is 0 Å². The lowest BCUT2D eigenvalue weighted by molar-refractivity contribution is 0.397. The Bertz CT molecular complexity index is 230. The molecule has 0 aromatic carbocycles. The molecular formula is C7H9ClN2O. The first-order chi connectivity index (χ1) is 5.26. The van der Waals surface area contributed by atoms with Crippen LogP contribution in [-0.4, -0.2) is 12.1 Å². The lowest BCUT2D eigenvalue weighted by Gasteiger charge is -2.01. The number of aromatic nitrogens is 1. The zero-order valence-electron chi connectivity index (χ0n) is 6.17. The summed E-state index contributed by atoms with van der Waals surface area (Å²) < 4.78 is 4.89. The number of hydrogen-bond donors (Lipinski definition) is 1. The summed E-state index contributed by atoms with van der Waals surface area (Å²) in [6.07, 6.45) is 0. The average Bonchev–Trinajstić information content (AvgIpc) is 2.03. The van der Waals surface area contributed by atoms with Crippen molar-refractivity contribution in [1.29, 1.82) is 0 Å². The van der Waals surface area contributed by atoms with Crippen LogP contribution >= 0.6 is 11.6 Å². The van der Waals surface area contributed by atoms with Crippen LogP contribution in [0.25, 0.3) is 0 Å². The predicted molar refractivity (Wildman–Crippen MR) is 43.7 cm³/mol. The molecule has 0 atom stereocenters. The third-order valence-electron chi connectivity index (χ3n) is 1.28. The van der Waals surface area contributed by atoms with Crippen LogP contribution < -0.4 is 10.5 Å². The van der Waals surface area contributed by atoms with Gasteiger partial charge in [0.1, 0.15) is 5.15 Å². The average molecular weight is 173 g/mol. The Kier molecular flexibility index (Phi) is 2.68. The molecule has 1 aromatic heterocycles. The van der Waals surface area contributed by atoms with Gasteiger partial charge in [-0.05, 0) is 11.6 Å². The van der Waals surface area contributed by atoms with Gasteiger partial charge in [0.15, 0.2) is 0 Å². The summed E-state index contributed by atoms with van der Waals surface area (Å²) in [6.45, 7) is 0.443. The fourth-order valence-corrected chi connectivity index (χ4v) is 0.969. The van der Waals surface area contributed by atoms with Gasteiger partial charge in [0.25, 0.3) is 0 Å². The number of halogens is 1. The number of methoxy groups -OCH3 is 1. The highest BCUT2D eigenvalue weighted by atomic mass is 35.5. The van der Waals surface area contributed by atoms with E-state index in [-0.39, 0.29) is 0 Å². The van der Waals surface area contributed by atoms with Crippen LogP contribution in [0.2, 0.25) is 5.15 Å². The fraction of sp³-hybridized carbons (Fsp3) is 0.286. The van der Waals surface area contributed by atoms with Gasteiger partial charge in [-0.1, -0.05) is 11.6 Å². The maximum absolute atomic E-state index is 5.66. The van der Waals surface area contributed by atoms with Crippen molar-refractivity contribution in [2.45, 2.75) is 6.54 Å².